The third-order valence-corrected chi connectivity index (χ3v) is 3.59. The van der Waals surface area contributed by atoms with Gasteiger partial charge in [0.2, 0.25) is 5.91 Å². The summed E-state index contributed by atoms with van der Waals surface area (Å²) in [7, 11) is 0. The lowest BCUT2D eigenvalue weighted by molar-refractivity contribution is -0.121. The normalized spacial score (nSPS) is 14.8. The molecule has 0 atom stereocenters. The lowest BCUT2D eigenvalue weighted by Crippen LogP contribution is -2.29. The number of alkyl halides is 1. The van der Waals surface area contributed by atoms with Crippen LogP contribution in [0.4, 0.5) is 0 Å². The highest BCUT2D eigenvalue weighted by atomic mass is 35.5. The molecule has 1 aliphatic rings. The van der Waals surface area contributed by atoms with Crippen molar-refractivity contribution in [3.8, 4) is 0 Å². The highest BCUT2D eigenvalue weighted by Crippen LogP contribution is 2.21. The first-order chi connectivity index (χ1) is 9.17. The van der Waals surface area contributed by atoms with Crippen LogP contribution < -0.4 is 5.32 Å². The van der Waals surface area contributed by atoms with E-state index in [-0.39, 0.29) is 5.91 Å². The van der Waals surface area contributed by atoms with Gasteiger partial charge in [0.05, 0.1) is 16.9 Å². The maximum Gasteiger partial charge on any atom is 0.240 e. The summed E-state index contributed by atoms with van der Waals surface area (Å²) >= 11 is 5.93. The molecule has 1 fully saturated rings. The molecule has 1 aromatic heterocycles. The molecule has 0 bridgehead atoms. The molecule has 19 heavy (non-hydrogen) atoms. The number of imidazole rings is 1. The van der Waals surface area contributed by atoms with Crippen LogP contribution in [0.15, 0.2) is 18.2 Å². The van der Waals surface area contributed by atoms with Crippen LogP contribution in [0.1, 0.15) is 24.2 Å². The minimum Gasteiger partial charge on any atom is -0.352 e. The van der Waals surface area contributed by atoms with Crippen molar-refractivity contribution in [3.63, 3.8) is 0 Å². The molecule has 100 valence electrons. The Morgan fingerprint density at radius 2 is 2.32 bits per heavy atom. The minimum atomic E-state index is 0.0367. The number of hydrogen-bond acceptors (Lipinski definition) is 2. The fourth-order valence-corrected chi connectivity index (χ4v) is 2.41. The van der Waals surface area contributed by atoms with E-state index in [1.165, 1.54) is 0 Å². The Bertz CT molecular complexity index is 631. The molecule has 1 N–H and O–H groups in total. The molecule has 0 spiro atoms. The van der Waals surface area contributed by atoms with Crippen molar-refractivity contribution in [2.24, 2.45) is 0 Å². The Labute approximate surface area is 116 Å². The summed E-state index contributed by atoms with van der Waals surface area (Å²) in [6.07, 6.45) is 2.19. The van der Waals surface area contributed by atoms with Crippen molar-refractivity contribution in [2.75, 3.05) is 0 Å². The molecular formula is C14H16ClN3O. The molecule has 1 saturated carbocycles. The van der Waals surface area contributed by atoms with E-state index >= 15 is 0 Å². The van der Waals surface area contributed by atoms with Crippen LogP contribution in [0, 0.1) is 6.92 Å². The topological polar surface area (TPSA) is 46.9 Å². The first-order valence-corrected chi connectivity index (χ1v) is 7.02. The smallest absolute Gasteiger partial charge is 0.240 e. The van der Waals surface area contributed by atoms with Gasteiger partial charge in [0.25, 0.3) is 0 Å². The van der Waals surface area contributed by atoms with Crippen LogP contribution in [0.5, 0.6) is 0 Å². The molecule has 1 aromatic carbocycles. The maximum atomic E-state index is 12.0. The predicted octanol–water partition coefficient (Wildman–Crippen LogP) is 2.36. The number of aromatic nitrogens is 2. The lowest BCUT2D eigenvalue weighted by Gasteiger charge is -2.08. The van der Waals surface area contributed by atoms with Gasteiger partial charge in [-0.1, -0.05) is 6.07 Å². The van der Waals surface area contributed by atoms with Crippen LogP contribution in [-0.2, 0) is 17.2 Å². The van der Waals surface area contributed by atoms with E-state index in [2.05, 4.69) is 10.3 Å². The number of carbonyl (C=O) groups is 1. The molecule has 5 heteroatoms. The van der Waals surface area contributed by atoms with Crippen molar-refractivity contribution >= 4 is 28.5 Å². The zero-order chi connectivity index (χ0) is 13.4. The average molecular weight is 278 g/mol. The number of benzene rings is 1. The Morgan fingerprint density at radius 1 is 1.53 bits per heavy atom. The highest BCUT2D eigenvalue weighted by molar-refractivity contribution is 6.16. The van der Waals surface area contributed by atoms with Crippen LogP contribution in [0.25, 0.3) is 11.0 Å². The third-order valence-electron chi connectivity index (χ3n) is 3.35. The van der Waals surface area contributed by atoms with Gasteiger partial charge in [-0.3, -0.25) is 4.79 Å². The van der Waals surface area contributed by atoms with E-state index in [1.807, 2.05) is 29.7 Å². The van der Waals surface area contributed by atoms with Crippen LogP contribution in [0.3, 0.4) is 0 Å². The molecule has 1 amide bonds. The van der Waals surface area contributed by atoms with E-state index in [0.29, 0.717) is 18.5 Å². The molecule has 0 radical (unpaired) electrons. The van der Waals surface area contributed by atoms with Gasteiger partial charge >= 0.3 is 0 Å². The Morgan fingerprint density at radius 3 is 3.00 bits per heavy atom. The number of nitrogens with one attached hydrogen (secondary N) is 1. The molecule has 2 aromatic rings. The second-order valence-corrected chi connectivity index (χ2v) is 5.35. The first-order valence-electron chi connectivity index (χ1n) is 6.48. The van der Waals surface area contributed by atoms with E-state index in [0.717, 1.165) is 35.3 Å². The van der Waals surface area contributed by atoms with Gasteiger partial charge in [-0.25, -0.2) is 4.98 Å². The summed E-state index contributed by atoms with van der Waals surface area (Å²) in [6.45, 7) is 2.32. The van der Waals surface area contributed by atoms with Crippen LogP contribution >= 0.6 is 11.6 Å². The lowest BCUT2D eigenvalue weighted by atomic mass is 10.2. The number of rotatable bonds is 4. The second-order valence-electron chi connectivity index (χ2n) is 5.08. The summed E-state index contributed by atoms with van der Waals surface area (Å²) < 4.78 is 1.91. The number of nitrogens with zero attached hydrogens (tertiary/aromatic N) is 2. The quantitative estimate of drug-likeness (QED) is 0.872. The van der Waals surface area contributed by atoms with Gasteiger partial charge < -0.3 is 9.88 Å². The Hall–Kier alpha value is -1.55. The van der Waals surface area contributed by atoms with Gasteiger partial charge in [0, 0.05) is 6.04 Å². The number of aryl methyl sites for hydroxylation is 1. The molecule has 0 saturated heterocycles. The van der Waals surface area contributed by atoms with Crippen molar-refractivity contribution in [2.45, 2.75) is 38.2 Å². The van der Waals surface area contributed by atoms with Crippen molar-refractivity contribution in [1.82, 2.24) is 14.9 Å². The number of fused-ring (bicyclic) bond motifs is 1. The standard InChI is InChI=1S/C14H16ClN3O/c1-9-2-5-11-12(6-9)18(13(7-15)17-11)8-14(19)16-10-3-4-10/h2,5-6,10H,3-4,7-8H2,1H3,(H,16,19). The summed E-state index contributed by atoms with van der Waals surface area (Å²) in [5.74, 6) is 1.09. The Balaban J connectivity index is 1.94. The fourth-order valence-electron chi connectivity index (χ4n) is 2.21. The summed E-state index contributed by atoms with van der Waals surface area (Å²) in [5.41, 5.74) is 3.01. The first kappa shape index (κ1) is 12.5. The summed E-state index contributed by atoms with van der Waals surface area (Å²) in [6, 6.07) is 6.41. The van der Waals surface area contributed by atoms with Crippen LogP contribution in [0.2, 0.25) is 0 Å². The highest BCUT2D eigenvalue weighted by Gasteiger charge is 2.24. The molecule has 0 aliphatic heterocycles. The Kier molecular flexibility index (Phi) is 3.19. The predicted molar refractivity (Wildman–Crippen MR) is 75.2 cm³/mol. The third kappa shape index (κ3) is 2.59. The monoisotopic (exact) mass is 277 g/mol. The van der Waals surface area contributed by atoms with Gasteiger partial charge in [-0.15, -0.1) is 11.6 Å². The van der Waals surface area contributed by atoms with E-state index in [1.54, 1.807) is 0 Å². The van der Waals surface area contributed by atoms with Crippen molar-refractivity contribution in [3.05, 3.63) is 29.6 Å². The van der Waals surface area contributed by atoms with Crippen molar-refractivity contribution < 1.29 is 4.79 Å². The molecule has 0 unspecified atom stereocenters. The van der Waals surface area contributed by atoms with E-state index in [4.69, 9.17) is 11.6 Å². The molecule has 3 rings (SSSR count). The zero-order valence-corrected chi connectivity index (χ0v) is 11.6. The SMILES string of the molecule is Cc1ccc2nc(CCl)n(CC(=O)NC3CC3)c2c1. The molecule has 4 nitrogen and oxygen atoms in total. The average Bonchev–Trinajstić information content (AvgIpc) is 3.12. The number of halogens is 1. The minimum absolute atomic E-state index is 0.0367. The largest absolute Gasteiger partial charge is 0.352 e. The van der Waals surface area contributed by atoms with Gasteiger partial charge in [-0.05, 0) is 37.5 Å². The zero-order valence-electron chi connectivity index (χ0n) is 10.8. The van der Waals surface area contributed by atoms with E-state index in [9.17, 15) is 4.79 Å². The maximum absolute atomic E-state index is 12.0. The molecule has 1 heterocycles. The number of amides is 1. The number of hydrogen-bond donors (Lipinski definition) is 1. The van der Waals surface area contributed by atoms with Gasteiger partial charge in [0.1, 0.15) is 12.4 Å². The molecular weight excluding hydrogens is 262 g/mol. The second kappa shape index (κ2) is 4.85. The number of carbonyl (C=O) groups excluding carboxylic acids is 1. The van der Waals surface area contributed by atoms with Crippen molar-refractivity contribution in [1.29, 1.82) is 0 Å². The van der Waals surface area contributed by atoms with E-state index < -0.39 is 0 Å². The summed E-state index contributed by atoms with van der Waals surface area (Å²) in [5, 5.41) is 2.99. The summed E-state index contributed by atoms with van der Waals surface area (Å²) in [4.78, 5) is 16.4. The molecule has 1 aliphatic carbocycles. The van der Waals surface area contributed by atoms with Gasteiger partial charge in [-0.2, -0.15) is 0 Å². The van der Waals surface area contributed by atoms with Crippen LogP contribution in [-0.4, -0.2) is 21.5 Å². The fraction of sp³-hybridized carbons (Fsp3) is 0.429. The van der Waals surface area contributed by atoms with Gasteiger partial charge in [0.15, 0.2) is 0 Å².